The van der Waals surface area contributed by atoms with Gasteiger partial charge in [0.1, 0.15) is 10.3 Å². The summed E-state index contributed by atoms with van der Waals surface area (Å²) in [7, 11) is 0. The van der Waals surface area contributed by atoms with E-state index in [-0.39, 0.29) is 0 Å². The Labute approximate surface area is 207 Å². The van der Waals surface area contributed by atoms with Crippen LogP contribution in [-0.4, -0.2) is 29.2 Å². The van der Waals surface area contributed by atoms with E-state index in [1.165, 1.54) is 0 Å². The first kappa shape index (κ1) is 21.6. The third kappa shape index (κ3) is 4.48. The molecule has 0 saturated heterocycles. The first-order valence-electron chi connectivity index (χ1n) is 9.91. The molecular formula is C24H15BrCl2N6. The minimum atomic E-state index is 0.541. The van der Waals surface area contributed by atoms with Crippen molar-refractivity contribution in [3.8, 4) is 22.5 Å². The van der Waals surface area contributed by atoms with Crippen molar-refractivity contribution < 1.29 is 0 Å². The van der Waals surface area contributed by atoms with Crippen molar-refractivity contribution in [2.24, 2.45) is 0 Å². The summed E-state index contributed by atoms with van der Waals surface area (Å²) < 4.78 is 4.03. The molecule has 4 heterocycles. The molecule has 0 unspecified atom stereocenters. The zero-order chi connectivity index (χ0) is 22.8. The van der Waals surface area contributed by atoms with Crippen LogP contribution < -0.4 is 0 Å². The topological polar surface area (TPSA) is 60.4 Å². The molecular weight excluding hydrogens is 523 g/mol. The predicted molar refractivity (Wildman–Crippen MR) is 135 cm³/mol. The lowest BCUT2D eigenvalue weighted by Gasteiger charge is -2.03. The third-order valence-corrected chi connectivity index (χ3v) is 5.94. The minimum Gasteiger partial charge on any atom is -0.228 e. The molecule has 0 aliphatic rings. The summed E-state index contributed by atoms with van der Waals surface area (Å²) in [6.07, 6.45) is 3.37. The van der Waals surface area contributed by atoms with Crippen molar-refractivity contribution in [3.63, 3.8) is 0 Å². The Morgan fingerprint density at radius 1 is 0.667 bits per heavy atom. The van der Waals surface area contributed by atoms with Gasteiger partial charge in [-0.2, -0.15) is 10.2 Å². The number of rotatable bonds is 2. The number of fused-ring (bicyclic) bond motifs is 2. The van der Waals surface area contributed by atoms with E-state index in [1.807, 2.05) is 78.9 Å². The molecule has 33 heavy (non-hydrogen) atoms. The maximum absolute atomic E-state index is 6.17. The quantitative estimate of drug-likeness (QED) is 0.226. The van der Waals surface area contributed by atoms with Gasteiger partial charge in [-0.15, -0.1) is 0 Å². The molecule has 0 spiro atoms. The van der Waals surface area contributed by atoms with Crippen LogP contribution in [0.3, 0.4) is 0 Å². The zero-order valence-corrected chi connectivity index (χ0v) is 20.1. The Morgan fingerprint density at radius 2 is 1.24 bits per heavy atom. The summed E-state index contributed by atoms with van der Waals surface area (Å²) in [6.45, 7) is 0. The summed E-state index contributed by atoms with van der Waals surface area (Å²) in [4.78, 5) is 9.02. The van der Waals surface area contributed by atoms with Gasteiger partial charge in [-0.3, -0.25) is 0 Å². The largest absolute Gasteiger partial charge is 0.228 e. The molecule has 6 nitrogen and oxygen atoms in total. The molecule has 162 valence electrons. The molecule has 0 saturated carbocycles. The minimum absolute atomic E-state index is 0.541. The van der Waals surface area contributed by atoms with Crippen LogP contribution >= 0.6 is 39.1 Å². The van der Waals surface area contributed by atoms with Crippen LogP contribution in [0.15, 0.2) is 95.7 Å². The second-order valence-electron chi connectivity index (χ2n) is 6.99. The van der Waals surface area contributed by atoms with E-state index in [9.17, 15) is 0 Å². The van der Waals surface area contributed by atoms with E-state index in [1.54, 1.807) is 21.4 Å². The smallest absolute Gasteiger partial charge is 0.171 e. The van der Waals surface area contributed by atoms with E-state index < -0.39 is 0 Å². The Hall–Kier alpha value is -3.26. The van der Waals surface area contributed by atoms with E-state index >= 15 is 0 Å². The molecule has 0 bridgehead atoms. The molecule has 0 radical (unpaired) electrons. The summed E-state index contributed by atoms with van der Waals surface area (Å²) in [5, 5.41) is 9.31. The van der Waals surface area contributed by atoms with Gasteiger partial charge >= 0.3 is 0 Å². The summed E-state index contributed by atoms with van der Waals surface area (Å²) in [6, 6.07) is 25.3. The second kappa shape index (κ2) is 9.31. The van der Waals surface area contributed by atoms with Crippen molar-refractivity contribution in [1.29, 1.82) is 0 Å². The van der Waals surface area contributed by atoms with Gasteiger partial charge in [0.05, 0.1) is 28.3 Å². The standard InChI is InChI=1S/C12H7BrClN3.C12H8ClN3/c13-9-7-15-17-11(14)6-10(16-12(9)17)8-4-2-1-3-5-8;13-11-8-10(9-4-2-1-3-5-9)15-12-6-7-14-16(11)12/h1-7H;1-8H. The second-order valence-corrected chi connectivity index (χ2v) is 8.62. The molecule has 0 atom stereocenters. The molecule has 0 aliphatic carbocycles. The van der Waals surface area contributed by atoms with Crippen LogP contribution in [0.5, 0.6) is 0 Å². The zero-order valence-electron chi connectivity index (χ0n) is 17.0. The van der Waals surface area contributed by atoms with Gasteiger partial charge in [0.15, 0.2) is 11.3 Å². The average Bonchev–Trinajstić information content (AvgIpc) is 3.48. The Balaban J connectivity index is 0.000000139. The van der Waals surface area contributed by atoms with Gasteiger partial charge in [0.25, 0.3) is 0 Å². The number of hydrogen-bond acceptors (Lipinski definition) is 4. The first-order chi connectivity index (χ1) is 16.1. The van der Waals surface area contributed by atoms with Crippen molar-refractivity contribution >= 4 is 50.4 Å². The maximum Gasteiger partial charge on any atom is 0.171 e. The van der Waals surface area contributed by atoms with E-state index in [4.69, 9.17) is 23.2 Å². The van der Waals surface area contributed by atoms with Crippen LogP contribution in [0.2, 0.25) is 10.3 Å². The van der Waals surface area contributed by atoms with Gasteiger partial charge in [0.2, 0.25) is 0 Å². The highest BCUT2D eigenvalue weighted by molar-refractivity contribution is 9.10. The maximum atomic E-state index is 6.17. The fraction of sp³-hybridized carbons (Fsp3) is 0. The number of halogens is 3. The molecule has 0 aliphatic heterocycles. The first-order valence-corrected chi connectivity index (χ1v) is 11.5. The monoisotopic (exact) mass is 536 g/mol. The number of benzene rings is 2. The Kier molecular flexibility index (Phi) is 6.09. The number of hydrogen-bond donors (Lipinski definition) is 0. The van der Waals surface area contributed by atoms with Gasteiger partial charge < -0.3 is 0 Å². The number of nitrogens with zero attached hydrogens (tertiary/aromatic N) is 6. The molecule has 4 aromatic heterocycles. The molecule has 0 fully saturated rings. The molecule has 6 aromatic rings. The van der Waals surface area contributed by atoms with Gasteiger partial charge in [-0.1, -0.05) is 83.9 Å². The predicted octanol–water partition coefficient (Wildman–Crippen LogP) is 6.86. The third-order valence-electron chi connectivity index (χ3n) is 4.84. The van der Waals surface area contributed by atoms with E-state index in [0.717, 1.165) is 38.3 Å². The van der Waals surface area contributed by atoms with Crippen molar-refractivity contribution in [2.45, 2.75) is 0 Å². The lowest BCUT2D eigenvalue weighted by Crippen LogP contribution is -1.94. The van der Waals surface area contributed by atoms with Crippen molar-refractivity contribution in [3.05, 3.63) is 106 Å². The van der Waals surface area contributed by atoms with E-state index in [2.05, 4.69) is 36.1 Å². The normalized spacial score (nSPS) is 10.9. The number of aromatic nitrogens is 6. The summed E-state index contributed by atoms with van der Waals surface area (Å²) in [5.74, 6) is 0. The van der Waals surface area contributed by atoms with Gasteiger partial charge in [-0.05, 0) is 15.9 Å². The van der Waals surface area contributed by atoms with E-state index in [0.29, 0.717) is 10.3 Å². The highest BCUT2D eigenvalue weighted by atomic mass is 79.9. The molecule has 0 amide bonds. The SMILES string of the molecule is Clc1cc(-c2ccccc2)nc2c(Br)cnn12.Clc1cc(-c2ccccc2)nc2ccnn12. The van der Waals surface area contributed by atoms with Gasteiger partial charge in [0, 0.05) is 29.3 Å². The Bertz CT molecular complexity index is 1550. The highest BCUT2D eigenvalue weighted by Gasteiger charge is 2.09. The van der Waals surface area contributed by atoms with Crippen LogP contribution in [0.25, 0.3) is 33.8 Å². The fourth-order valence-electron chi connectivity index (χ4n) is 3.29. The highest BCUT2D eigenvalue weighted by Crippen LogP contribution is 2.25. The molecule has 2 aromatic carbocycles. The molecule has 6 rings (SSSR count). The van der Waals surface area contributed by atoms with Gasteiger partial charge in [-0.25, -0.2) is 19.0 Å². The molecule has 9 heteroatoms. The Morgan fingerprint density at radius 3 is 1.88 bits per heavy atom. The average molecular weight is 538 g/mol. The lowest BCUT2D eigenvalue weighted by atomic mass is 10.1. The van der Waals surface area contributed by atoms with Crippen LogP contribution in [0, 0.1) is 0 Å². The molecule has 0 N–H and O–H groups in total. The fourth-order valence-corrected chi connectivity index (χ4v) is 4.10. The van der Waals surface area contributed by atoms with Crippen LogP contribution in [0.1, 0.15) is 0 Å². The van der Waals surface area contributed by atoms with Crippen molar-refractivity contribution in [1.82, 2.24) is 29.2 Å². The van der Waals surface area contributed by atoms with Crippen LogP contribution in [-0.2, 0) is 0 Å². The van der Waals surface area contributed by atoms with Crippen molar-refractivity contribution in [2.75, 3.05) is 0 Å². The lowest BCUT2D eigenvalue weighted by molar-refractivity contribution is 0.942. The summed E-state index contributed by atoms with van der Waals surface area (Å²) in [5.41, 5.74) is 5.25. The summed E-state index contributed by atoms with van der Waals surface area (Å²) >= 11 is 15.7. The van der Waals surface area contributed by atoms with Crippen LogP contribution in [0.4, 0.5) is 0 Å².